The van der Waals surface area contributed by atoms with Gasteiger partial charge in [0.15, 0.2) is 5.58 Å². The van der Waals surface area contributed by atoms with Crippen molar-refractivity contribution < 1.29 is 23.4 Å². The molecule has 2 aromatic rings. The zero-order valence-corrected chi connectivity index (χ0v) is 17.0. The third-order valence-electron chi connectivity index (χ3n) is 6.36. The van der Waals surface area contributed by atoms with Gasteiger partial charge in [0.25, 0.3) is 6.01 Å². The Morgan fingerprint density at radius 2 is 2.19 bits per heavy atom. The molecule has 1 aromatic heterocycles. The molecule has 0 bridgehead atoms. The van der Waals surface area contributed by atoms with E-state index in [1.807, 2.05) is 4.90 Å². The lowest BCUT2D eigenvalue weighted by Crippen LogP contribution is -2.39. The van der Waals surface area contributed by atoms with E-state index in [2.05, 4.69) is 9.98 Å². The smallest absolute Gasteiger partial charge is 0.326 e. The highest BCUT2D eigenvalue weighted by Gasteiger charge is 2.42. The molecule has 6 rings (SSSR count). The molecule has 4 aliphatic rings. The molecule has 0 amide bonds. The number of rotatable bonds is 3. The second-order valence-corrected chi connectivity index (χ2v) is 8.19. The number of hydrogen-bond donors (Lipinski definition) is 2. The van der Waals surface area contributed by atoms with Crippen molar-refractivity contribution in [2.24, 2.45) is 4.99 Å². The minimum absolute atomic E-state index is 0.0663. The van der Waals surface area contributed by atoms with E-state index in [9.17, 15) is 9.90 Å². The molecule has 32 heavy (non-hydrogen) atoms. The first kappa shape index (κ1) is 18.9. The molecule has 164 valence electrons. The van der Waals surface area contributed by atoms with Gasteiger partial charge in [0, 0.05) is 18.7 Å². The number of carboxylic acid groups (broad SMARTS) is 1. The fourth-order valence-electron chi connectivity index (χ4n) is 4.97. The second kappa shape index (κ2) is 6.84. The average Bonchev–Trinajstić information content (AvgIpc) is 3.46. The molecule has 1 saturated heterocycles. The van der Waals surface area contributed by atoms with Gasteiger partial charge < -0.3 is 29.8 Å². The highest BCUT2D eigenvalue weighted by molar-refractivity contribution is 6.04. The van der Waals surface area contributed by atoms with Crippen molar-refractivity contribution in [3.8, 4) is 0 Å². The molecule has 1 atom stereocenters. The molecule has 1 fully saturated rings. The van der Waals surface area contributed by atoms with Gasteiger partial charge in [-0.3, -0.25) is 0 Å². The van der Waals surface area contributed by atoms with E-state index < -0.39 is 18.0 Å². The first-order valence-corrected chi connectivity index (χ1v) is 10.5. The Labute approximate surface area is 181 Å². The Morgan fingerprint density at radius 1 is 1.31 bits per heavy atom. The topological polar surface area (TPSA) is 117 Å². The number of carbonyl (C=O) groups is 1. The molecule has 10 heteroatoms. The Balaban J connectivity index is 1.49. The fourth-order valence-corrected chi connectivity index (χ4v) is 4.97. The largest absolute Gasteiger partial charge is 0.495 e. The number of ether oxygens (including phenoxy) is 1. The van der Waals surface area contributed by atoms with Crippen LogP contribution in [0, 0.1) is 0 Å². The number of nitrogens with zero attached hydrogens (tertiary/aromatic N) is 4. The summed E-state index contributed by atoms with van der Waals surface area (Å²) in [6, 6.07) is 4.66. The predicted octanol–water partition coefficient (Wildman–Crippen LogP) is 2.73. The van der Waals surface area contributed by atoms with Crippen molar-refractivity contribution in [1.82, 2.24) is 14.8 Å². The van der Waals surface area contributed by atoms with E-state index in [-0.39, 0.29) is 6.01 Å². The maximum absolute atomic E-state index is 15.7. The lowest BCUT2D eigenvalue weighted by Gasteiger charge is -2.33. The summed E-state index contributed by atoms with van der Waals surface area (Å²) in [6.45, 7) is 1.47. The summed E-state index contributed by atoms with van der Waals surface area (Å²) >= 11 is 0. The monoisotopic (exact) mass is 437 g/mol. The van der Waals surface area contributed by atoms with Gasteiger partial charge in [0.2, 0.25) is 5.95 Å². The number of aliphatic carboxylic acids is 1. The van der Waals surface area contributed by atoms with Crippen LogP contribution in [0.15, 0.2) is 62.4 Å². The summed E-state index contributed by atoms with van der Waals surface area (Å²) in [6.07, 6.45) is 3.41. The number of hydrogen-bond acceptors (Lipinski definition) is 8. The van der Waals surface area contributed by atoms with Crippen molar-refractivity contribution in [2.75, 3.05) is 25.4 Å². The highest BCUT2D eigenvalue weighted by atomic mass is 19.1. The van der Waals surface area contributed by atoms with Crippen LogP contribution < -0.4 is 5.73 Å². The Kier molecular flexibility index (Phi) is 4.04. The summed E-state index contributed by atoms with van der Waals surface area (Å²) in [5, 5.41) is 9.65. The van der Waals surface area contributed by atoms with E-state index in [4.69, 9.17) is 14.9 Å². The Bertz CT molecular complexity index is 1290. The normalized spacial score (nSPS) is 22.7. The van der Waals surface area contributed by atoms with Gasteiger partial charge in [-0.1, -0.05) is 0 Å². The van der Waals surface area contributed by atoms with Crippen LogP contribution in [0.1, 0.15) is 24.8 Å². The lowest BCUT2D eigenvalue weighted by atomic mass is 10.0. The number of nitrogen functional groups attached to an aromatic ring is 1. The molecule has 0 radical (unpaired) electrons. The number of nitrogens with two attached hydrogens (primary N) is 1. The van der Waals surface area contributed by atoms with Crippen LogP contribution in [0.2, 0.25) is 0 Å². The van der Waals surface area contributed by atoms with Crippen LogP contribution in [-0.4, -0.2) is 57.4 Å². The molecular weight excluding hydrogens is 417 g/mol. The number of likely N-dealkylation sites (tertiary alicyclic amines) is 1. The minimum Gasteiger partial charge on any atom is -0.495 e. The molecule has 0 aliphatic carbocycles. The third kappa shape index (κ3) is 2.72. The zero-order chi connectivity index (χ0) is 22.0. The minimum atomic E-state index is -0.925. The average molecular weight is 437 g/mol. The fraction of sp³-hybridized carbons (Fsp3) is 0.318. The maximum Gasteiger partial charge on any atom is 0.326 e. The van der Waals surface area contributed by atoms with Crippen LogP contribution in [-0.2, 0) is 9.53 Å². The van der Waals surface area contributed by atoms with Gasteiger partial charge in [0.1, 0.15) is 30.3 Å². The van der Waals surface area contributed by atoms with Crippen LogP contribution >= 0.6 is 0 Å². The number of aromatic nitrogens is 1. The number of fused-ring (bicyclic) bond motifs is 1. The molecule has 0 unspecified atom stereocenters. The first-order chi connectivity index (χ1) is 15.5. The van der Waals surface area contributed by atoms with Gasteiger partial charge in [-0.15, -0.1) is 0 Å². The standard InChI is InChI=1S/C22H20FN5O4/c23-19-17-15(27-6-1-2-14(27)21(29)30)10-31-9-12-5-7-28(18(12)17)20(26-19)11-3-4-16-13(8-11)25-22(24)32-16/h3-4,8,10,14H,1-2,5-7,9H2,(H2,24,25)(H,29,30)/t14-/m0/s1. The molecule has 1 aromatic carbocycles. The van der Waals surface area contributed by atoms with Crippen molar-refractivity contribution in [3.63, 3.8) is 0 Å². The number of oxazole rings is 1. The highest BCUT2D eigenvalue weighted by Crippen LogP contribution is 2.43. The van der Waals surface area contributed by atoms with Crippen LogP contribution in [0.3, 0.4) is 0 Å². The summed E-state index contributed by atoms with van der Waals surface area (Å²) in [4.78, 5) is 24.0. The molecule has 0 spiro atoms. The Morgan fingerprint density at radius 3 is 3.03 bits per heavy atom. The van der Waals surface area contributed by atoms with Crippen molar-refractivity contribution in [3.05, 3.63) is 58.5 Å². The van der Waals surface area contributed by atoms with Gasteiger partial charge in [-0.2, -0.15) is 9.37 Å². The molecule has 5 heterocycles. The molecule has 3 N–H and O–H groups in total. The third-order valence-corrected chi connectivity index (χ3v) is 6.36. The number of aliphatic imine (C=N–C) groups is 1. The Hall–Kier alpha value is -3.82. The maximum atomic E-state index is 15.7. The van der Waals surface area contributed by atoms with Crippen LogP contribution in [0.4, 0.5) is 10.4 Å². The van der Waals surface area contributed by atoms with E-state index in [1.54, 1.807) is 23.1 Å². The molecule has 4 aliphatic heterocycles. The SMILES string of the molecule is Nc1nc2cc(C3=NC(F)=C4C(N5CCC[C@H]5C(=O)O)=COCC5=C4N3CC5)ccc2o1. The van der Waals surface area contributed by atoms with E-state index in [0.29, 0.717) is 78.4 Å². The van der Waals surface area contributed by atoms with Crippen LogP contribution in [0.5, 0.6) is 0 Å². The number of anilines is 1. The number of halogens is 1. The summed E-state index contributed by atoms with van der Waals surface area (Å²) in [7, 11) is 0. The molecule has 9 nitrogen and oxygen atoms in total. The van der Waals surface area contributed by atoms with Crippen molar-refractivity contribution in [2.45, 2.75) is 25.3 Å². The second-order valence-electron chi connectivity index (χ2n) is 8.19. The van der Waals surface area contributed by atoms with Gasteiger partial charge in [-0.25, -0.2) is 9.79 Å². The van der Waals surface area contributed by atoms with Crippen molar-refractivity contribution in [1.29, 1.82) is 0 Å². The van der Waals surface area contributed by atoms with E-state index in [1.165, 1.54) is 6.26 Å². The van der Waals surface area contributed by atoms with E-state index >= 15 is 4.39 Å². The molecular formula is C22H20FN5O4. The zero-order valence-electron chi connectivity index (χ0n) is 17.0. The van der Waals surface area contributed by atoms with E-state index in [0.717, 1.165) is 5.57 Å². The number of amidine groups is 1. The number of carboxylic acids is 1. The van der Waals surface area contributed by atoms with Crippen molar-refractivity contribution >= 4 is 28.9 Å². The van der Waals surface area contributed by atoms with Gasteiger partial charge >= 0.3 is 5.97 Å². The first-order valence-electron chi connectivity index (χ1n) is 10.5. The quantitative estimate of drug-likeness (QED) is 0.704. The predicted molar refractivity (Wildman–Crippen MR) is 113 cm³/mol. The summed E-state index contributed by atoms with van der Waals surface area (Å²) in [5.74, 6) is -1.11. The van der Waals surface area contributed by atoms with Gasteiger partial charge in [0.05, 0.1) is 17.0 Å². The van der Waals surface area contributed by atoms with Crippen LogP contribution in [0.25, 0.3) is 11.1 Å². The summed E-state index contributed by atoms with van der Waals surface area (Å²) < 4.78 is 26.8. The number of benzene rings is 1. The molecule has 0 saturated carbocycles. The van der Waals surface area contributed by atoms with Gasteiger partial charge in [-0.05, 0) is 43.0 Å². The lowest BCUT2D eigenvalue weighted by molar-refractivity contribution is -0.141. The summed E-state index contributed by atoms with van der Waals surface area (Å²) in [5.41, 5.74) is 9.87.